The third-order valence-electron chi connectivity index (χ3n) is 9.91. The summed E-state index contributed by atoms with van der Waals surface area (Å²) in [5.74, 6) is -0.638. The minimum atomic E-state index is -0.880. The summed E-state index contributed by atoms with van der Waals surface area (Å²) in [5, 5.41) is 24.8. The number of aromatic hydroxyl groups is 1. The zero-order valence-corrected chi connectivity index (χ0v) is 27.3. The van der Waals surface area contributed by atoms with Crippen LogP contribution in [0.1, 0.15) is 77.7 Å². The van der Waals surface area contributed by atoms with Crippen LogP contribution in [0.25, 0.3) is 0 Å². The Hall–Kier alpha value is -3.63. The van der Waals surface area contributed by atoms with Gasteiger partial charge in [-0.3, -0.25) is 14.5 Å². The Morgan fingerprint density at radius 3 is 2.63 bits per heavy atom. The number of aliphatic hydroxyl groups is 1. The van der Waals surface area contributed by atoms with E-state index in [1.807, 2.05) is 44.2 Å². The third-order valence-corrected chi connectivity index (χ3v) is 9.91. The molecule has 46 heavy (non-hydrogen) atoms. The first kappa shape index (κ1) is 33.7. The van der Waals surface area contributed by atoms with Crippen LogP contribution in [-0.4, -0.2) is 71.6 Å². The van der Waals surface area contributed by atoms with E-state index in [1.165, 1.54) is 0 Å². The van der Waals surface area contributed by atoms with E-state index in [0.717, 1.165) is 43.2 Å². The first-order valence-electron chi connectivity index (χ1n) is 16.6. The number of amides is 2. The summed E-state index contributed by atoms with van der Waals surface area (Å²) >= 11 is 0. The molecule has 2 amide bonds. The van der Waals surface area contributed by atoms with Crippen LogP contribution >= 0.6 is 0 Å². The molecular weight excluding hydrogens is 588 g/mol. The average Bonchev–Trinajstić information content (AvgIpc) is 3.39. The van der Waals surface area contributed by atoms with Crippen molar-refractivity contribution in [2.24, 2.45) is 11.8 Å². The molecule has 0 aromatic heterocycles. The second kappa shape index (κ2) is 14.9. The highest BCUT2D eigenvalue weighted by molar-refractivity contribution is 5.99. The van der Waals surface area contributed by atoms with E-state index in [-0.39, 0.29) is 36.0 Å². The Labute approximate surface area is 271 Å². The number of hydrogen-bond acceptors (Lipinski definition) is 8. The van der Waals surface area contributed by atoms with Gasteiger partial charge < -0.3 is 29.7 Å². The van der Waals surface area contributed by atoms with Gasteiger partial charge in [-0.25, -0.2) is 4.79 Å². The Kier molecular flexibility index (Phi) is 10.9. The molecule has 3 heterocycles. The number of methoxy groups -OCH3 is 1. The fourth-order valence-electron chi connectivity index (χ4n) is 7.15. The van der Waals surface area contributed by atoms with Crippen LogP contribution in [0.3, 0.4) is 0 Å². The van der Waals surface area contributed by atoms with Gasteiger partial charge in [0.15, 0.2) is 0 Å². The van der Waals surface area contributed by atoms with Crippen LogP contribution in [0, 0.1) is 11.8 Å². The molecule has 0 spiro atoms. The number of hydrogen-bond donors (Lipinski definition) is 3. The molecule has 1 saturated heterocycles. The molecule has 10 heteroatoms. The molecule has 5 rings (SSSR count). The van der Waals surface area contributed by atoms with Crippen molar-refractivity contribution in [1.29, 1.82) is 0 Å². The predicted octanol–water partition coefficient (Wildman–Crippen LogP) is 4.66. The van der Waals surface area contributed by atoms with Crippen LogP contribution in [0.2, 0.25) is 0 Å². The van der Waals surface area contributed by atoms with E-state index in [4.69, 9.17) is 14.2 Å². The van der Waals surface area contributed by atoms with Crippen molar-refractivity contribution >= 4 is 23.5 Å². The maximum atomic E-state index is 13.2. The molecule has 2 fully saturated rings. The zero-order chi connectivity index (χ0) is 33.0. The molecule has 1 aliphatic carbocycles. The number of esters is 1. The van der Waals surface area contributed by atoms with Gasteiger partial charge in [-0.15, -0.1) is 0 Å². The van der Waals surface area contributed by atoms with Crippen LogP contribution in [-0.2, 0) is 30.3 Å². The van der Waals surface area contributed by atoms with Crippen molar-refractivity contribution in [2.45, 2.75) is 115 Å². The van der Waals surface area contributed by atoms with E-state index in [9.17, 15) is 24.6 Å². The van der Waals surface area contributed by atoms with E-state index in [0.29, 0.717) is 30.7 Å². The number of nitrogens with zero attached hydrogens (tertiary/aromatic N) is 1. The zero-order valence-electron chi connectivity index (χ0n) is 27.3. The number of ether oxygens (including phenoxy) is 3. The van der Waals surface area contributed by atoms with Gasteiger partial charge in [-0.1, -0.05) is 50.5 Å². The molecule has 3 aliphatic heterocycles. The number of carbonyl (C=O) groups is 3. The first-order valence-corrected chi connectivity index (χ1v) is 16.6. The Morgan fingerprint density at radius 2 is 1.89 bits per heavy atom. The van der Waals surface area contributed by atoms with E-state index in [2.05, 4.69) is 5.32 Å². The van der Waals surface area contributed by atoms with Crippen molar-refractivity contribution in [3.8, 4) is 11.5 Å². The lowest BCUT2D eigenvalue weighted by Crippen LogP contribution is -2.51. The highest BCUT2D eigenvalue weighted by Gasteiger charge is 2.49. The van der Waals surface area contributed by atoms with Gasteiger partial charge >= 0.3 is 5.97 Å². The van der Waals surface area contributed by atoms with E-state index in [1.54, 1.807) is 31.1 Å². The molecule has 1 saturated carbocycles. The van der Waals surface area contributed by atoms with E-state index >= 15 is 0 Å². The van der Waals surface area contributed by atoms with Crippen LogP contribution in [0.15, 0.2) is 48.1 Å². The Bertz CT molecular complexity index is 1380. The number of anilines is 1. The largest absolute Gasteiger partial charge is 0.508 e. The standard InChI is InChI=1S/C36H48N2O8/c1-21-12-11-15-25-18-26(39)19-27-34(25)45-29(32-30(44-4)20-31(40)38(27)32)17-10-6-9-16-28(22(2)33(21)41)46-36(43)23(3)37-35(42)24-13-7-5-8-14-24/h6,9-10,12,17-19,22-24,28-30,32-33,39,41H,5,7-8,11,13-16,20H2,1-4H3,(H,37,42)/b9-6+,17-10+,21-12-/t22-,23+,28-,29-,30-,32-,33-/m0/s1. The predicted molar refractivity (Wildman–Crippen MR) is 173 cm³/mol. The summed E-state index contributed by atoms with van der Waals surface area (Å²) < 4.78 is 18.2. The van der Waals surface area contributed by atoms with Crippen molar-refractivity contribution in [3.05, 3.63) is 53.6 Å². The molecular formula is C36H48N2O8. The summed E-state index contributed by atoms with van der Waals surface area (Å²) in [6.07, 6.45) is 13.4. The van der Waals surface area contributed by atoms with Gasteiger partial charge in [0.1, 0.15) is 35.8 Å². The van der Waals surface area contributed by atoms with Crippen molar-refractivity contribution < 1.29 is 38.8 Å². The summed E-state index contributed by atoms with van der Waals surface area (Å²) in [5.41, 5.74) is 2.02. The minimum Gasteiger partial charge on any atom is -0.508 e. The fraction of sp³-hybridized carbons (Fsp3) is 0.583. The number of rotatable bonds is 5. The molecule has 0 unspecified atom stereocenters. The summed E-state index contributed by atoms with van der Waals surface area (Å²) in [7, 11) is 1.58. The number of aryl methyl sites for hydroxylation is 1. The molecule has 250 valence electrons. The molecule has 7 atom stereocenters. The molecule has 1 aromatic carbocycles. The molecule has 3 N–H and O–H groups in total. The highest BCUT2D eigenvalue weighted by atomic mass is 16.5. The van der Waals surface area contributed by atoms with Crippen LogP contribution < -0.4 is 15.0 Å². The normalized spacial score (nSPS) is 31.9. The average molecular weight is 637 g/mol. The minimum absolute atomic E-state index is 0.0410. The van der Waals surface area contributed by atoms with E-state index < -0.39 is 42.3 Å². The van der Waals surface area contributed by atoms with Crippen molar-refractivity contribution in [1.82, 2.24) is 5.32 Å². The van der Waals surface area contributed by atoms with Gasteiger partial charge in [-0.05, 0) is 57.2 Å². The molecule has 1 aromatic rings. The number of phenols is 1. The fourth-order valence-corrected chi connectivity index (χ4v) is 7.15. The quantitative estimate of drug-likeness (QED) is 0.314. The van der Waals surface area contributed by atoms with Crippen LogP contribution in [0.4, 0.5) is 5.69 Å². The maximum Gasteiger partial charge on any atom is 0.328 e. The number of benzene rings is 1. The monoisotopic (exact) mass is 636 g/mol. The number of nitrogens with one attached hydrogen (secondary N) is 1. The SMILES string of the molecule is CO[C@H]1CC(=O)N2c3cc(O)cc4c3O[C@@H](/C=C/C=C/C[C@H](OC(=O)[C@@H](C)NC(=O)C3CCCCC3)[C@H](C)[C@@H](O)/C(C)=C\CC4)[C@@H]12. The summed E-state index contributed by atoms with van der Waals surface area (Å²) in [6.45, 7) is 5.34. The maximum absolute atomic E-state index is 13.2. The third kappa shape index (κ3) is 7.33. The lowest BCUT2D eigenvalue weighted by atomic mass is 9.88. The van der Waals surface area contributed by atoms with Gasteiger partial charge in [0.05, 0.1) is 24.3 Å². The first-order chi connectivity index (χ1) is 22.1. The molecule has 4 aliphatic rings. The second-order valence-electron chi connectivity index (χ2n) is 13.1. The summed E-state index contributed by atoms with van der Waals surface area (Å²) in [4.78, 5) is 40.8. The second-order valence-corrected chi connectivity index (χ2v) is 13.1. The van der Waals surface area contributed by atoms with Crippen LogP contribution in [0.5, 0.6) is 11.5 Å². The summed E-state index contributed by atoms with van der Waals surface area (Å²) in [6, 6.07) is 2.01. The molecule has 2 bridgehead atoms. The van der Waals surface area contributed by atoms with Gasteiger partial charge in [0.2, 0.25) is 11.8 Å². The lowest BCUT2D eigenvalue weighted by Gasteiger charge is -2.39. The topological polar surface area (TPSA) is 135 Å². The van der Waals surface area contributed by atoms with Crippen molar-refractivity contribution in [3.63, 3.8) is 0 Å². The highest BCUT2D eigenvalue weighted by Crippen LogP contribution is 2.46. The van der Waals surface area contributed by atoms with Gasteiger partial charge in [0, 0.05) is 37.0 Å². The van der Waals surface area contributed by atoms with Gasteiger partial charge in [0.25, 0.3) is 0 Å². The smallest absolute Gasteiger partial charge is 0.328 e. The molecule has 10 nitrogen and oxygen atoms in total. The number of allylic oxidation sites excluding steroid dienone is 3. The van der Waals surface area contributed by atoms with Crippen molar-refractivity contribution in [2.75, 3.05) is 12.0 Å². The Balaban J connectivity index is 1.38. The molecule has 0 radical (unpaired) electrons. The van der Waals surface area contributed by atoms with Gasteiger partial charge in [-0.2, -0.15) is 0 Å². The number of phenolic OH excluding ortho intramolecular Hbond substituents is 1. The number of aliphatic hydroxyl groups excluding tert-OH is 1. The number of carbonyl (C=O) groups excluding carboxylic acids is 3. The number of fused-ring (bicyclic) bond motifs is 4. The lowest BCUT2D eigenvalue weighted by molar-refractivity contribution is -0.156. The Morgan fingerprint density at radius 1 is 1.13 bits per heavy atom.